The molecule has 2 aromatic rings. The predicted molar refractivity (Wildman–Crippen MR) is 73.1 cm³/mol. The van der Waals surface area contributed by atoms with E-state index in [-0.39, 0.29) is 5.54 Å². The largest absolute Gasteiger partial charge is 0.381 e. The minimum Gasteiger partial charge on any atom is -0.381 e. The van der Waals surface area contributed by atoms with Crippen molar-refractivity contribution in [2.24, 2.45) is 0 Å². The molecule has 3 rings (SSSR count). The van der Waals surface area contributed by atoms with Crippen LogP contribution in [0.1, 0.15) is 31.2 Å². The zero-order valence-corrected chi connectivity index (χ0v) is 11.7. The highest BCUT2D eigenvalue weighted by Crippen LogP contribution is 2.22. The van der Waals surface area contributed by atoms with Gasteiger partial charge in [-0.2, -0.15) is 0 Å². The summed E-state index contributed by atoms with van der Waals surface area (Å²) in [7, 11) is 0. The highest BCUT2D eigenvalue weighted by Gasteiger charge is 2.27. The summed E-state index contributed by atoms with van der Waals surface area (Å²) in [6, 6.07) is 0. The lowest BCUT2D eigenvalue weighted by Crippen LogP contribution is -2.46. The lowest BCUT2D eigenvalue weighted by Gasteiger charge is -2.34. The second kappa shape index (κ2) is 4.64. The van der Waals surface area contributed by atoms with Crippen molar-refractivity contribution in [3.63, 3.8) is 0 Å². The standard InChI is InChI=1S/C13H19N3OS/c1-10-11(16-5-8-18-12(16)15-10)9-14-13(2)3-6-17-7-4-13/h5,8,14H,3-4,6-7,9H2,1-2H3. The lowest BCUT2D eigenvalue weighted by atomic mass is 9.92. The van der Waals surface area contributed by atoms with E-state index in [1.54, 1.807) is 11.3 Å². The highest BCUT2D eigenvalue weighted by molar-refractivity contribution is 7.15. The zero-order chi connectivity index (χ0) is 12.6. The van der Waals surface area contributed by atoms with Gasteiger partial charge in [-0.1, -0.05) is 0 Å². The van der Waals surface area contributed by atoms with Crippen LogP contribution in [0.15, 0.2) is 11.6 Å². The van der Waals surface area contributed by atoms with Crippen LogP contribution in [0, 0.1) is 6.92 Å². The number of aryl methyl sites for hydroxylation is 1. The quantitative estimate of drug-likeness (QED) is 0.926. The van der Waals surface area contributed by atoms with E-state index < -0.39 is 0 Å². The molecule has 0 bridgehead atoms. The first kappa shape index (κ1) is 12.1. The second-order valence-corrected chi connectivity index (χ2v) is 6.10. The van der Waals surface area contributed by atoms with Gasteiger partial charge in [0.25, 0.3) is 0 Å². The molecule has 98 valence electrons. The number of imidazole rings is 1. The highest BCUT2D eigenvalue weighted by atomic mass is 32.1. The van der Waals surface area contributed by atoms with Crippen LogP contribution in [0.5, 0.6) is 0 Å². The van der Waals surface area contributed by atoms with E-state index in [0.717, 1.165) is 43.3 Å². The van der Waals surface area contributed by atoms with Gasteiger partial charge < -0.3 is 10.1 Å². The average molecular weight is 265 g/mol. The van der Waals surface area contributed by atoms with Gasteiger partial charge in [-0.25, -0.2) is 4.98 Å². The molecule has 0 amide bonds. The second-order valence-electron chi connectivity index (χ2n) is 5.23. The average Bonchev–Trinajstić information content (AvgIpc) is 2.88. The number of thiazole rings is 1. The van der Waals surface area contributed by atoms with E-state index in [0.29, 0.717) is 0 Å². The maximum Gasteiger partial charge on any atom is 0.194 e. The number of hydrogen-bond donors (Lipinski definition) is 1. The van der Waals surface area contributed by atoms with Gasteiger partial charge in [0.05, 0.1) is 11.4 Å². The fraction of sp³-hybridized carbons (Fsp3) is 0.615. The Balaban J connectivity index is 1.76. The molecule has 0 aromatic carbocycles. The smallest absolute Gasteiger partial charge is 0.194 e. The third kappa shape index (κ3) is 2.18. The molecule has 0 radical (unpaired) electrons. The normalized spacial score (nSPS) is 19.4. The monoisotopic (exact) mass is 265 g/mol. The number of nitrogens with zero attached hydrogens (tertiary/aromatic N) is 2. The Bertz CT molecular complexity index is 539. The summed E-state index contributed by atoms with van der Waals surface area (Å²) in [6.07, 6.45) is 4.26. The SMILES string of the molecule is Cc1nc2sccn2c1CNC1(C)CCOCC1. The number of nitrogens with one attached hydrogen (secondary N) is 1. The Morgan fingerprint density at radius 1 is 1.50 bits per heavy atom. The van der Waals surface area contributed by atoms with Crippen molar-refractivity contribution in [2.45, 2.75) is 38.8 Å². The van der Waals surface area contributed by atoms with Crippen LogP contribution in [0.3, 0.4) is 0 Å². The first-order valence-corrected chi connectivity index (χ1v) is 7.30. The van der Waals surface area contributed by atoms with Crippen LogP contribution < -0.4 is 5.32 Å². The van der Waals surface area contributed by atoms with Crippen LogP contribution >= 0.6 is 11.3 Å². The van der Waals surface area contributed by atoms with Crippen LogP contribution in [-0.4, -0.2) is 28.1 Å². The third-order valence-corrected chi connectivity index (χ3v) is 4.60. The van der Waals surface area contributed by atoms with Crippen molar-refractivity contribution in [2.75, 3.05) is 13.2 Å². The van der Waals surface area contributed by atoms with Crippen molar-refractivity contribution >= 4 is 16.3 Å². The molecule has 5 heteroatoms. The van der Waals surface area contributed by atoms with Crippen molar-refractivity contribution in [1.29, 1.82) is 0 Å². The number of hydrogen-bond acceptors (Lipinski definition) is 4. The van der Waals surface area contributed by atoms with Gasteiger partial charge in [0.15, 0.2) is 4.96 Å². The summed E-state index contributed by atoms with van der Waals surface area (Å²) in [4.78, 5) is 5.66. The fourth-order valence-electron chi connectivity index (χ4n) is 2.45. The summed E-state index contributed by atoms with van der Waals surface area (Å²) in [6.45, 7) is 6.98. The summed E-state index contributed by atoms with van der Waals surface area (Å²) >= 11 is 1.69. The minimum absolute atomic E-state index is 0.199. The molecule has 18 heavy (non-hydrogen) atoms. The molecular weight excluding hydrogens is 246 g/mol. The number of rotatable bonds is 3. The van der Waals surface area contributed by atoms with Gasteiger partial charge in [-0.15, -0.1) is 11.3 Å². The molecule has 1 fully saturated rings. The summed E-state index contributed by atoms with van der Waals surface area (Å²) in [5, 5.41) is 5.77. The fourth-order valence-corrected chi connectivity index (χ4v) is 3.23. The van der Waals surface area contributed by atoms with Gasteiger partial charge in [-0.05, 0) is 26.7 Å². The van der Waals surface area contributed by atoms with E-state index in [9.17, 15) is 0 Å². The topological polar surface area (TPSA) is 38.6 Å². The molecule has 2 aromatic heterocycles. The first-order valence-electron chi connectivity index (χ1n) is 6.42. The van der Waals surface area contributed by atoms with E-state index >= 15 is 0 Å². The van der Waals surface area contributed by atoms with Gasteiger partial charge in [0, 0.05) is 36.9 Å². The van der Waals surface area contributed by atoms with Crippen molar-refractivity contribution < 1.29 is 4.74 Å². The third-order valence-electron chi connectivity index (χ3n) is 3.84. The zero-order valence-electron chi connectivity index (χ0n) is 10.9. The van der Waals surface area contributed by atoms with Crippen LogP contribution in [0.25, 0.3) is 4.96 Å². The molecule has 1 saturated heterocycles. The maximum atomic E-state index is 5.43. The van der Waals surface area contributed by atoms with Crippen LogP contribution in [-0.2, 0) is 11.3 Å². The first-order chi connectivity index (χ1) is 8.68. The Labute approximate surface area is 111 Å². The summed E-state index contributed by atoms with van der Waals surface area (Å²) in [5.74, 6) is 0. The van der Waals surface area contributed by atoms with E-state index in [1.807, 2.05) is 0 Å². The molecule has 0 saturated carbocycles. The Morgan fingerprint density at radius 3 is 3.06 bits per heavy atom. The summed E-state index contributed by atoms with van der Waals surface area (Å²) in [5.41, 5.74) is 2.61. The Morgan fingerprint density at radius 2 is 2.28 bits per heavy atom. The molecule has 3 heterocycles. The number of fused-ring (bicyclic) bond motifs is 1. The molecular formula is C13H19N3OS. The van der Waals surface area contributed by atoms with Gasteiger partial charge in [0.1, 0.15) is 0 Å². The molecule has 1 N–H and O–H groups in total. The van der Waals surface area contributed by atoms with Gasteiger partial charge in [-0.3, -0.25) is 4.40 Å². The molecule has 0 atom stereocenters. The minimum atomic E-state index is 0.199. The van der Waals surface area contributed by atoms with Crippen molar-refractivity contribution in [1.82, 2.24) is 14.7 Å². The number of aromatic nitrogens is 2. The number of ether oxygens (including phenoxy) is 1. The van der Waals surface area contributed by atoms with Crippen LogP contribution in [0.4, 0.5) is 0 Å². The maximum absolute atomic E-state index is 5.43. The van der Waals surface area contributed by atoms with Crippen LogP contribution in [0.2, 0.25) is 0 Å². The predicted octanol–water partition coefficient (Wildman–Crippen LogP) is 2.36. The molecule has 0 unspecified atom stereocenters. The van der Waals surface area contributed by atoms with E-state index in [1.165, 1.54) is 5.69 Å². The lowest BCUT2D eigenvalue weighted by molar-refractivity contribution is 0.0444. The van der Waals surface area contributed by atoms with Gasteiger partial charge in [0.2, 0.25) is 0 Å². The molecule has 4 nitrogen and oxygen atoms in total. The molecule has 0 aliphatic carbocycles. The summed E-state index contributed by atoms with van der Waals surface area (Å²) < 4.78 is 7.62. The van der Waals surface area contributed by atoms with E-state index in [4.69, 9.17) is 4.74 Å². The van der Waals surface area contributed by atoms with Gasteiger partial charge >= 0.3 is 0 Å². The van der Waals surface area contributed by atoms with Crippen molar-refractivity contribution in [3.05, 3.63) is 23.0 Å². The van der Waals surface area contributed by atoms with E-state index in [2.05, 4.69) is 40.1 Å². The Kier molecular flexibility index (Phi) is 3.13. The van der Waals surface area contributed by atoms with Crippen molar-refractivity contribution in [3.8, 4) is 0 Å². The molecule has 0 spiro atoms. The molecule has 1 aliphatic heterocycles. The Hall–Kier alpha value is -0.910. The molecule has 1 aliphatic rings.